The van der Waals surface area contributed by atoms with E-state index in [0.29, 0.717) is 12.3 Å². The number of amides is 4. The van der Waals surface area contributed by atoms with Gasteiger partial charge in [0.15, 0.2) is 0 Å². The molecule has 1 unspecified atom stereocenters. The Morgan fingerprint density at radius 2 is 1.81 bits per heavy atom. The zero-order valence-electron chi connectivity index (χ0n) is 17.0. The minimum atomic E-state index is -1.09. The van der Waals surface area contributed by atoms with Crippen LogP contribution in [0, 0.1) is 5.82 Å². The number of methoxy groups -OCH3 is 1. The third-order valence-corrected chi connectivity index (χ3v) is 5.52. The normalized spacial score (nSPS) is 18.2. The maximum atomic E-state index is 14.9. The van der Waals surface area contributed by atoms with Gasteiger partial charge in [-0.3, -0.25) is 29.4 Å². The number of nitrogens with zero attached hydrogens (tertiary/aromatic N) is 2. The lowest BCUT2D eigenvalue weighted by Crippen LogP contribution is -2.54. The molecule has 9 heteroatoms. The maximum Gasteiger partial charge on any atom is 0.262 e. The highest BCUT2D eigenvalue weighted by molar-refractivity contribution is 6.23. The van der Waals surface area contributed by atoms with Crippen LogP contribution in [0.15, 0.2) is 36.4 Å². The molecule has 2 aromatic carbocycles. The first-order chi connectivity index (χ1) is 14.8. The molecule has 0 aliphatic carbocycles. The predicted molar refractivity (Wildman–Crippen MR) is 108 cm³/mol. The van der Waals surface area contributed by atoms with E-state index >= 15 is 0 Å². The van der Waals surface area contributed by atoms with Crippen LogP contribution in [-0.4, -0.2) is 48.7 Å². The van der Waals surface area contributed by atoms with E-state index in [1.807, 2.05) is 18.2 Å². The van der Waals surface area contributed by atoms with Crippen molar-refractivity contribution in [1.29, 1.82) is 0 Å². The van der Waals surface area contributed by atoms with Gasteiger partial charge in [-0.05, 0) is 24.6 Å². The number of hydrogen-bond donors (Lipinski definition) is 1. The number of rotatable bonds is 5. The van der Waals surface area contributed by atoms with Gasteiger partial charge in [0, 0.05) is 25.6 Å². The van der Waals surface area contributed by atoms with Crippen LogP contribution in [-0.2, 0) is 16.1 Å². The van der Waals surface area contributed by atoms with Crippen molar-refractivity contribution in [1.82, 2.24) is 10.2 Å². The van der Waals surface area contributed by atoms with Crippen LogP contribution < -0.4 is 15.0 Å². The van der Waals surface area contributed by atoms with Gasteiger partial charge < -0.3 is 9.64 Å². The molecule has 1 fully saturated rings. The zero-order valence-corrected chi connectivity index (χ0v) is 17.0. The monoisotopic (exact) mass is 425 g/mol. The molecule has 160 valence electrons. The summed E-state index contributed by atoms with van der Waals surface area (Å²) in [6.45, 7) is 0.304. The Bertz CT molecular complexity index is 1120. The molecule has 0 spiro atoms. The molecule has 0 saturated carbocycles. The molecule has 2 aliphatic rings. The molecular weight excluding hydrogens is 405 g/mol. The summed E-state index contributed by atoms with van der Waals surface area (Å²) in [5.41, 5.74) is 0.885. The number of halogens is 1. The van der Waals surface area contributed by atoms with E-state index in [2.05, 4.69) is 5.32 Å². The van der Waals surface area contributed by atoms with E-state index in [0.717, 1.165) is 16.5 Å². The molecule has 2 aliphatic heterocycles. The highest BCUT2D eigenvalue weighted by atomic mass is 19.1. The van der Waals surface area contributed by atoms with Crippen molar-refractivity contribution in [2.45, 2.75) is 25.4 Å². The quantitative estimate of drug-likeness (QED) is 0.735. The largest absolute Gasteiger partial charge is 0.496 e. The minimum absolute atomic E-state index is 0.0189. The summed E-state index contributed by atoms with van der Waals surface area (Å²) in [4.78, 5) is 51.7. The number of carbonyl (C=O) groups excluding carboxylic acids is 4. The Hall–Kier alpha value is -3.75. The van der Waals surface area contributed by atoms with Crippen molar-refractivity contribution < 1.29 is 28.3 Å². The van der Waals surface area contributed by atoms with Gasteiger partial charge in [0.1, 0.15) is 17.6 Å². The summed E-state index contributed by atoms with van der Waals surface area (Å²) in [5, 5.41) is 2.14. The number of nitrogens with one attached hydrogen (secondary N) is 1. The molecule has 31 heavy (non-hydrogen) atoms. The van der Waals surface area contributed by atoms with Crippen LogP contribution in [0.2, 0.25) is 0 Å². The third-order valence-electron chi connectivity index (χ3n) is 5.52. The summed E-state index contributed by atoms with van der Waals surface area (Å²) in [6.07, 6.45) is 0.0598. The molecule has 0 radical (unpaired) electrons. The second-order valence-corrected chi connectivity index (χ2v) is 7.46. The molecule has 2 aromatic rings. The second kappa shape index (κ2) is 7.82. The molecule has 1 N–H and O–H groups in total. The topological polar surface area (TPSA) is 96.0 Å². The van der Waals surface area contributed by atoms with E-state index in [4.69, 9.17) is 4.74 Å². The van der Waals surface area contributed by atoms with E-state index in [1.54, 1.807) is 25.1 Å². The van der Waals surface area contributed by atoms with E-state index in [1.165, 1.54) is 6.07 Å². The van der Waals surface area contributed by atoms with E-state index in [-0.39, 0.29) is 29.7 Å². The summed E-state index contributed by atoms with van der Waals surface area (Å²) in [5.74, 6) is -2.61. The lowest BCUT2D eigenvalue weighted by molar-refractivity contribution is -0.136. The summed E-state index contributed by atoms with van der Waals surface area (Å²) < 4.78 is 20.2. The van der Waals surface area contributed by atoms with Crippen molar-refractivity contribution in [3.8, 4) is 5.75 Å². The Morgan fingerprint density at radius 3 is 2.48 bits per heavy atom. The summed E-state index contributed by atoms with van der Waals surface area (Å²) in [6, 6.07) is 8.56. The molecule has 0 aromatic heterocycles. The van der Waals surface area contributed by atoms with Crippen LogP contribution in [0.4, 0.5) is 10.1 Å². The van der Waals surface area contributed by atoms with Gasteiger partial charge in [-0.15, -0.1) is 0 Å². The zero-order chi connectivity index (χ0) is 22.3. The van der Waals surface area contributed by atoms with Gasteiger partial charge in [-0.1, -0.05) is 18.2 Å². The third kappa shape index (κ3) is 3.52. The number of anilines is 1. The number of fused-ring (bicyclic) bond motifs is 1. The first kappa shape index (κ1) is 20.5. The van der Waals surface area contributed by atoms with Crippen molar-refractivity contribution in [3.05, 3.63) is 58.9 Å². The van der Waals surface area contributed by atoms with Crippen molar-refractivity contribution in [2.24, 2.45) is 0 Å². The van der Waals surface area contributed by atoms with Gasteiger partial charge in [-0.25, -0.2) is 4.39 Å². The minimum Gasteiger partial charge on any atom is -0.496 e. The van der Waals surface area contributed by atoms with Crippen molar-refractivity contribution >= 4 is 29.3 Å². The lowest BCUT2D eigenvalue weighted by Gasteiger charge is -2.27. The van der Waals surface area contributed by atoms with Crippen LogP contribution in [0.3, 0.4) is 0 Å². The number of ether oxygens (including phenoxy) is 1. The SMILES string of the molecule is COc1ccccc1CN(C)c1cc2c(cc1F)C(=O)N(C1CCC(=O)NC1=O)C2=O. The summed E-state index contributed by atoms with van der Waals surface area (Å²) >= 11 is 0. The van der Waals surface area contributed by atoms with Gasteiger partial charge >= 0.3 is 0 Å². The fraction of sp³-hybridized carbons (Fsp3) is 0.273. The van der Waals surface area contributed by atoms with Crippen molar-refractivity contribution in [3.63, 3.8) is 0 Å². The Kier molecular flexibility index (Phi) is 5.18. The van der Waals surface area contributed by atoms with E-state index in [9.17, 15) is 23.6 Å². The van der Waals surface area contributed by atoms with Gasteiger partial charge in [0.05, 0.1) is 23.9 Å². The van der Waals surface area contributed by atoms with Crippen LogP contribution in [0.1, 0.15) is 39.1 Å². The predicted octanol–water partition coefficient (Wildman–Crippen LogP) is 1.87. The fourth-order valence-electron chi connectivity index (χ4n) is 3.95. The van der Waals surface area contributed by atoms with Crippen LogP contribution in [0.25, 0.3) is 0 Å². The Balaban J connectivity index is 1.64. The van der Waals surface area contributed by atoms with Crippen LogP contribution >= 0.6 is 0 Å². The first-order valence-electron chi connectivity index (χ1n) is 9.70. The molecule has 4 amide bonds. The number of carbonyl (C=O) groups is 4. The smallest absolute Gasteiger partial charge is 0.262 e. The lowest BCUT2D eigenvalue weighted by atomic mass is 10.0. The molecular formula is C22H20FN3O5. The van der Waals surface area contributed by atoms with Gasteiger partial charge in [0.2, 0.25) is 11.8 Å². The molecule has 1 atom stereocenters. The standard InChI is InChI=1S/C22H20FN3O5/c1-25(11-12-5-3-4-6-18(12)31-2)17-10-14-13(9-15(17)23)21(29)26(22(14)30)16-7-8-19(27)24-20(16)28/h3-6,9-10,16H,7-8,11H2,1-2H3,(H,24,27,28). The highest BCUT2D eigenvalue weighted by Crippen LogP contribution is 2.33. The summed E-state index contributed by atoms with van der Waals surface area (Å²) in [7, 11) is 3.21. The molecule has 2 heterocycles. The maximum absolute atomic E-state index is 14.9. The molecule has 0 bridgehead atoms. The van der Waals surface area contributed by atoms with Gasteiger partial charge in [0.25, 0.3) is 11.8 Å². The Morgan fingerprint density at radius 1 is 1.13 bits per heavy atom. The number of para-hydroxylation sites is 1. The highest BCUT2D eigenvalue weighted by Gasteiger charge is 2.45. The first-order valence-corrected chi connectivity index (χ1v) is 9.70. The number of imide groups is 2. The Labute approximate surface area is 177 Å². The van der Waals surface area contributed by atoms with Crippen molar-refractivity contribution in [2.75, 3.05) is 19.1 Å². The number of piperidine rings is 1. The average molecular weight is 425 g/mol. The molecule has 4 rings (SSSR count). The second-order valence-electron chi connectivity index (χ2n) is 7.46. The molecule has 8 nitrogen and oxygen atoms in total. The van der Waals surface area contributed by atoms with Crippen LogP contribution in [0.5, 0.6) is 5.75 Å². The average Bonchev–Trinajstić information content (AvgIpc) is 2.97. The van der Waals surface area contributed by atoms with Gasteiger partial charge in [-0.2, -0.15) is 0 Å². The number of hydrogen-bond acceptors (Lipinski definition) is 6. The molecule has 1 saturated heterocycles. The van der Waals surface area contributed by atoms with E-state index < -0.39 is 35.5 Å². The fourth-order valence-corrected chi connectivity index (χ4v) is 3.95. The number of benzene rings is 2.